The summed E-state index contributed by atoms with van der Waals surface area (Å²) >= 11 is 0. The lowest BCUT2D eigenvalue weighted by Gasteiger charge is -2.45. The molecule has 2 heterocycles. The SMILES string of the molecule is [B]1[C@H]2CCC[C@@H]1[C@H](C1=C=CC=C1)[C@H](C1=C=CC=C1)C2. The predicted octanol–water partition coefficient (Wildman–Crippen LogP) is 4.39. The third kappa shape index (κ3) is 1.95. The molecular formula is C18H18B. The first kappa shape index (κ1) is 11.4. The van der Waals surface area contributed by atoms with Gasteiger partial charge in [-0.2, -0.15) is 0 Å². The van der Waals surface area contributed by atoms with Gasteiger partial charge in [0.05, 0.1) is 0 Å². The summed E-state index contributed by atoms with van der Waals surface area (Å²) in [4.78, 5) is 0. The van der Waals surface area contributed by atoms with Crippen LogP contribution in [0.1, 0.15) is 25.7 Å². The Bertz CT molecular complexity index is 577. The summed E-state index contributed by atoms with van der Waals surface area (Å²) in [5, 5.41) is 0. The topological polar surface area (TPSA) is 0 Å². The van der Waals surface area contributed by atoms with Gasteiger partial charge < -0.3 is 0 Å². The van der Waals surface area contributed by atoms with Gasteiger partial charge in [-0.05, 0) is 41.6 Å². The summed E-state index contributed by atoms with van der Waals surface area (Å²) in [7, 11) is 2.65. The quantitative estimate of drug-likeness (QED) is 0.500. The summed E-state index contributed by atoms with van der Waals surface area (Å²) in [6.45, 7) is 0. The van der Waals surface area contributed by atoms with Gasteiger partial charge in [0, 0.05) is 0 Å². The Hall–Kier alpha value is -1.42. The molecule has 0 aromatic rings. The molecule has 2 fully saturated rings. The fraction of sp³-hybridized carbons (Fsp3) is 0.444. The average molecular weight is 245 g/mol. The Morgan fingerprint density at radius 2 is 1.79 bits per heavy atom. The minimum atomic E-state index is 0.630. The van der Waals surface area contributed by atoms with E-state index in [0.717, 1.165) is 11.6 Å². The molecule has 4 rings (SSSR count). The molecule has 2 aliphatic carbocycles. The van der Waals surface area contributed by atoms with Gasteiger partial charge in [0.15, 0.2) is 0 Å². The Morgan fingerprint density at radius 1 is 1.00 bits per heavy atom. The lowest BCUT2D eigenvalue weighted by Crippen LogP contribution is -2.36. The van der Waals surface area contributed by atoms with Crippen LogP contribution in [0.5, 0.6) is 0 Å². The van der Waals surface area contributed by atoms with E-state index >= 15 is 0 Å². The summed E-state index contributed by atoms with van der Waals surface area (Å²) in [5.74, 6) is 2.86. The zero-order valence-corrected chi connectivity index (χ0v) is 11.2. The van der Waals surface area contributed by atoms with Gasteiger partial charge in [-0.3, -0.25) is 0 Å². The highest BCUT2D eigenvalue weighted by atomic mass is 14.4. The molecule has 0 amide bonds. The Balaban J connectivity index is 1.73. The first-order valence-corrected chi connectivity index (χ1v) is 7.53. The number of hydrogen-bond donors (Lipinski definition) is 0. The highest BCUT2D eigenvalue weighted by molar-refractivity contribution is 6.40. The largest absolute Gasteiger partial charge is 0.118 e. The molecule has 2 aliphatic heterocycles. The molecule has 0 aromatic heterocycles. The fourth-order valence-corrected chi connectivity index (χ4v) is 4.32. The highest BCUT2D eigenvalue weighted by Gasteiger charge is 2.42. The lowest BCUT2D eigenvalue weighted by molar-refractivity contribution is 0.309. The molecule has 0 unspecified atom stereocenters. The lowest BCUT2D eigenvalue weighted by atomic mass is 9.38. The van der Waals surface area contributed by atoms with E-state index in [1.165, 1.54) is 36.8 Å². The minimum absolute atomic E-state index is 0.630. The van der Waals surface area contributed by atoms with E-state index in [2.05, 4.69) is 55.2 Å². The molecule has 0 aromatic carbocycles. The van der Waals surface area contributed by atoms with Crippen molar-refractivity contribution in [3.63, 3.8) is 0 Å². The Labute approximate surface area is 116 Å². The fourth-order valence-electron chi connectivity index (χ4n) is 4.32. The van der Waals surface area contributed by atoms with E-state index in [4.69, 9.17) is 0 Å². The smallest absolute Gasteiger partial charge is 0.117 e. The van der Waals surface area contributed by atoms with Gasteiger partial charge in [0.25, 0.3) is 0 Å². The van der Waals surface area contributed by atoms with E-state index in [-0.39, 0.29) is 0 Å². The number of fused-ring (bicyclic) bond motifs is 2. The molecule has 93 valence electrons. The maximum atomic E-state index is 3.47. The monoisotopic (exact) mass is 245 g/mol. The second-order valence-electron chi connectivity index (χ2n) is 6.17. The first-order chi connectivity index (χ1) is 9.42. The standard InChI is InChI=1S/C18H18B/c1-2-7-13(6-1)16-12-15-10-5-11-17(19-15)18(16)14-8-3-4-9-14/h1-4,6,8,15-18H,5,10-12H2/t15-,16-,17+,18+/m0/s1. The minimum Gasteiger partial charge on any atom is -0.117 e. The van der Waals surface area contributed by atoms with Crippen LogP contribution in [0.3, 0.4) is 0 Å². The van der Waals surface area contributed by atoms with E-state index in [1.807, 2.05) is 0 Å². The van der Waals surface area contributed by atoms with Crippen LogP contribution >= 0.6 is 0 Å². The van der Waals surface area contributed by atoms with Crippen molar-refractivity contribution in [2.24, 2.45) is 11.8 Å². The molecule has 19 heavy (non-hydrogen) atoms. The summed E-state index contributed by atoms with van der Waals surface area (Å²) in [5.41, 5.74) is 9.77. The van der Waals surface area contributed by atoms with Crippen LogP contribution in [0.15, 0.2) is 59.1 Å². The van der Waals surface area contributed by atoms with Crippen LogP contribution in [-0.4, -0.2) is 7.28 Å². The van der Waals surface area contributed by atoms with Crippen molar-refractivity contribution in [2.45, 2.75) is 37.3 Å². The second-order valence-corrected chi connectivity index (χ2v) is 6.17. The van der Waals surface area contributed by atoms with Crippen LogP contribution in [0.2, 0.25) is 11.6 Å². The van der Waals surface area contributed by atoms with Gasteiger partial charge in [-0.25, -0.2) is 0 Å². The van der Waals surface area contributed by atoms with Crippen molar-refractivity contribution in [3.8, 4) is 0 Å². The van der Waals surface area contributed by atoms with Crippen LogP contribution < -0.4 is 0 Å². The zero-order chi connectivity index (χ0) is 12.7. The van der Waals surface area contributed by atoms with Gasteiger partial charge in [0.2, 0.25) is 0 Å². The van der Waals surface area contributed by atoms with Gasteiger partial charge in [-0.15, -0.1) is 11.5 Å². The van der Waals surface area contributed by atoms with Crippen molar-refractivity contribution in [1.82, 2.24) is 0 Å². The molecule has 4 atom stereocenters. The van der Waals surface area contributed by atoms with Crippen molar-refractivity contribution >= 4 is 7.28 Å². The molecular weight excluding hydrogens is 227 g/mol. The van der Waals surface area contributed by atoms with Gasteiger partial charge in [-0.1, -0.05) is 55.2 Å². The van der Waals surface area contributed by atoms with E-state index in [9.17, 15) is 0 Å². The van der Waals surface area contributed by atoms with Crippen LogP contribution in [-0.2, 0) is 0 Å². The van der Waals surface area contributed by atoms with Crippen molar-refractivity contribution in [3.05, 3.63) is 59.1 Å². The molecule has 0 saturated carbocycles. The maximum Gasteiger partial charge on any atom is 0.118 e. The molecule has 2 bridgehead atoms. The maximum absolute atomic E-state index is 3.47. The first-order valence-electron chi connectivity index (χ1n) is 7.53. The molecule has 0 spiro atoms. The van der Waals surface area contributed by atoms with Crippen LogP contribution in [0, 0.1) is 11.8 Å². The van der Waals surface area contributed by atoms with Crippen molar-refractivity contribution in [2.75, 3.05) is 0 Å². The normalized spacial score (nSPS) is 38.3. The molecule has 2 saturated heterocycles. The predicted molar refractivity (Wildman–Crippen MR) is 80.2 cm³/mol. The van der Waals surface area contributed by atoms with E-state index in [0.29, 0.717) is 11.8 Å². The average Bonchev–Trinajstić information content (AvgIpc) is 3.12. The van der Waals surface area contributed by atoms with Crippen LogP contribution in [0.4, 0.5) is 0 Å². The Morgan fingerprint density at radius 3 is 2.53 bits per heavy atom. The molecule has 0 N–H and O–H groups in total. The van der Waals surface area contributed by atoms with E-state index < -0.39 is 0 Å². The molecule has 0 nitrogen and oxygen atoms in total. The second kappa shape index (κ2) is 4.60. The summed E-state index contributed by atoms with van der Waals surface area (Å²) < 4.78 is 0. The molecule has 4 aliphatic rings. The number of allylic oxidation sites excluding steroid dienone is 6. The van der Waals surface area contributed by atoms with Crippen molar-refractivity contribution < 1.29 is 0 Å². The van der Waals surface area contributed by atoms with Crippen molar-refractivity contribution in [1.29, 1.82) is 0 Å². The van der Waals surface area contributed by atoms with Gasteiger partial charge >= 0.3 is 0 Å². The Kier molecular flexibility index (Phi) is 2.77. The summed E-state index contributed by atoms with van der Waals surface area (Å²) in [6, 6.07) is 0. The van der Waals surface area contributed by atoms with Gasteiger partial charge in [0.1, 0.15) is 7.28 Å². The number of hydrogen-bond acceptors (Lipinski definition) is 0. The number of rotatable bonds is 2. The molecule has 1 radical (unpaired) electrons. The highest BCUT2D eigenvalue weighted by Crippen LogP contribution is 2.53. The van der Waals surface area contributed by atoms with Crippen LogP contribution in [0.25, 0.3) is 0 Å². The van der Waals surface area contributed by atoms with E-state index in [1.54, 1.807) is 0 Å². The third-order valence-corrected chi connectivity index (χ3v) is 5.09. The summed E-state index contributed by atoms with van der Waals surface area (Å²) in [6.07, 6.45) is 18.4. The third-order valence-electron chi connectivity index (χ3n) is 5.09. The zero-order valence-electron chi connectivity index (χ0n) is 11.2. The molecule has 1 heteroatoms.